The SMILES string of the molecule is CCn1ccnc1CC(=O)c1csc(CN)n1. The summed E-state index contributed by atoms with van der Waals surface area (Å²) in [5, 5.41) is 2.54. The monoisotopic (exact) mass is 250 g/mol. The predicted molar refractivity (Wildman–Crippen MR) is 65.9 cm³/mol. The minimum Gasteiger partial charge on any atom is -0.335 e. The van der Waals surface area contributed by atoms with Gasteiger partial charge in [0, 0.05) is 30.9 Å². The number of nitrogens with zero attached hydrogens (tertiary/aromatic N) is 3. The number of hydrogen-bond acceptors (Lipinski definition) is 5. The molecule has 0 amide bonds. The Bertz CT molecular complexity index is 517. The minimum atomic E-state index is -0.0122. The van der Waals surface area contributed by atoms with Gasteiger partial charge in [-0.25, -0.2) is 9.97 Å². The van der Waals surface area contributed by atoms with Crippen LogP contribution in [0.4, 0.5) is 0 Å². The second-order valence-corrected chi connectivity index (χ2v) is 4.50. The van der Waals surface area contributed by atoms with Gasteiger partial charge in [-0.3, -0.25) is 4.79 Å². The van der Waals surface area contributed by atoms with E-state index >= 15 is 0 Å². The number of nitrogens with two attached hydrogens (primary N) is 1. The molecule has 0 saturated carbocycles. The maximum atomic E-state index is 12.0. The van der Waals surface area contributed by atoms with Gasteiger partial charge in [-0.2, -0.15) is 0 Å². The van der Waals surface area contributed by atoms with Crippen LogP contribution in [0.5, 0.6) is 0 Å². The van der Waals surface area contributed by atoms with E-state index in [-0.39, 0.29) is 12.2 Å². The highest BCUT2D eigenvalue weighted by atomic mass is 32.1. The van der Waals surface area contributed by atoms with Crippen molar-refractivity contribution in [2.45, 2.75) is 26.4 Å². The Morgan fingerprint density at radius 2 is 2.41 bits per heavy atom. The molecule has 0 spiro atoms. The zero-order valence-electron chi connectivity index (χ0n) is 9.59. The molecule has 0 saturated heterocycles. The molecule has 0 aliphatic rings. The predicted octanol–water partition coefficient (Wildman–Crippen LogP) is 1.24. The number of ketones is 1. The number of aryl methyl sites for hydroxylation is 1. The van der Waals surface area contributed by atoms with Crippen LogP contribution in [-0.4, -0.2) is 20.3 Å². The molecule has 2 N–H and O–H groups in total. The molecule has 2 heterocycles. The van der Waals surface area contributed by atoms with Gasteiger partial charge in [0.05, 0.1) is 6.42 Å². The van der Waals surface area contributed by atoms with Crippen LogP contribution in [0, 0.1) is 0 Å². The highest BCUT2D eigenvalue weighted by Crippen LogP contribution is 2.11. The summed E-state index contributed by atoms with van der Waals surface area (Å²) in [6, 6.07) is 0. The number of hydrogen-bond donors (Lipinski definition) is 1. The smallest absolute Gasteiger partial charge is 0.189 e. The molecule has 0 aliphatic heterocycles. The summed E-state index contributed by atoms with van der Waals surface area (Å²) >= 11 is 1.42. The molecule has 90 valence electrons. The van der Waals surface area contributed by atoms with Crippen molar-refractivity contribution in [1.82, 2.24) is 14.5 Å². The molecular weight excluding hydrogens is 236 g/mol. The fourth-order valence-electron chi connectivity index (χ4n) is 1.56. The van der Waals surface area contributed by atoms with Gasteiger partial charge in [-0.15, -0.1) is 11.3 Å². The van der Waals surface area contributed by atoms with Crippen molar-refractivity contribution in [3.63, 3.8) is 0 Å². The topological polar surface area (TPSA) is 73.8 Å². The number of thiazole rings is 1. The Morgan fingerprint density at radius 1 is 1.59 bits per heavy atom. The van der Waals surface area contributed by atoms with E-state index in [1.54, 1.807) is 11.6 Å². The van der Waals surface area contributed by atoms with Crippen LogP contribution in [0.2, 0.25) is 0 Å². The molecule has 6 heteroatoms. The van der Waals surface area contributed by atoms with Crippen LogP contribution in [0.25, 0.3) is 0 Å². The summed E-state index contributed by atoms with van der Waals surface area (Å²) in [5.41, 5.74) is 5.95. The summed E-state index contributed by atoms with van der Waals surface area (Å²) in [5.74, 6) is 0.765. The molecule has 0 bridgehead atoms. The zero-order chi connectivity index (χ0) is 12.3. The van der Waals surface area contributed by atoms with Crippen LogP contribution in [-0.2, 0) is 19.5 Å². The van der Waals surface area contributed by atoms with Gasteiger partial charge in [0.25, 0.3) is 0 Å². The first-order valence-corrected chi connectivity index (χ1v) is 6.30. The average molecular weight is 250 g/mol. The molecule has 0 aliphatic carbocycles. The molecule has 2 rings (SSSR count). The number of carbonyl (C=O) groups is 1. The Balaban J connectivity index is 2.11. The van der Waals surface area contributed by atoms with Gasteiger partial charge in [0.2, 0.25) is 0 Å². The normalized spacial score (nSPS) is 10.7. The van der Waals surface area contributed by atoms with Crippen molar-refractivity contribution in [1.29, 1.82) is 0 Å². The van der Waals surface area contributed by atoms with Crippen molar-refractivity contribution in [3.05, 3.63) is 34.3 Å². The first-order chi connectivity index (χ1) is 8.24. The third-order valence-electron chi connectivity index (χ3n) is 2.47. The molecule has 0 unspecified atom stereocenters. The number of Topliss-reactive ketones (excluding diaryl/α,β-unsaturated/α-hetero) is 1. The van der Waals surface area contributed by atoms with E-state index in [1.165, 1.54) is 11.3 Å². The van der Waals surface area contributed by atoms with Crippen LogP contribution in [0.15, 0.2) is 17.8 Å². The van der Waals surface area contributed by atoms with Crippen molar-refractivity contribution in [2.24, 2.45) is 5.73 Å². The lowest BCUT2D eigenvalue weighted by molar-refractivity contribution is 0.0985. The van der Waals surface area contributed by atoms with E-state index in [1.807, 2.05) is 17.7 Å². The highest BCUT2D eigenvalue weighted by Gasteiger charge is 2.13. The second-order valence-electron chi connectivity index (χ2n) is 3.56. The summed E-state index contributed by atoms with van der Waals surface area (Å²) in [6.45, 7) is 3.21. The number of carbonyl (C=O) groups excluding carboxylic acids is 1. The fraction of sp³-hybridized carbons (Fsp3) is 0.364. The summed E-state index contributed by atoms with van der Waals surface area (Å²) < 4.78 is 1.95. The van der Waals surface area contributed by atoms with Crippen LogP contribution in [0.3, 0.4) is 0 Å². The van der Waals surface area contributed by atoms with Crippen LogP contribution in [0.1, 0.15) is 28.2 Å². The Morgan fingerprint density at radius 3 is 3.06 bits per heavy atom. The highest BCUT2D eigenvalue weighted by molar-refractivity contribution is 7.09. The van der Waals surface area contributed by atoms with E-state index < -0.39 is 0 Å². The van der Waals surface area contributed by atoms with Crippen LogP contribution >= 0.6 is 11.3 Å². The maximum absolute atomic E-state index is 12.0. The maximum Gasteiger partial charge on any atom is 0.189 e. The Labute approximate surface area is 103 Å². The van der Waals surface area contributed by atoms with Gasteiger partial charge < -0.3 is 10.3 Å². The molecule has 0 atom stereocenters. The summed E-state index contributed by atoms with van der Waals surface area (Å²) in [4.78, 5) is 20.3. The van der Waals surface area contributed by atoms with E-state index in [9.17, 15) is 4.79 Å². The van der Waals surface area contributed by atoms with Crippen molar-refractivity contribution in [3.8, 4) is 0 Å². The van der Waals surface area contributed by atoms with Gasteiger partial charge in [0.15, 0.2) is 5.78 Å². The minimum absolute atomic E-state index is 0.0122. The molecular formula is C11H14N4OS. The van der Waals surface area contributed by atoms with Gasteiger partial charge in [0.1, 0.15) is 16.5 Å². The molecule has 0 aromatic carbocycles. The lowest BCUT2D eigenvalue weighted by atomic mass is 10.2. The zero-order valence-corrected chi connectivity index (χ0v) is 10.4. The lowest BCUT2D eigenvalue weighted by Gasteiger charge is -2.02. The Hall–Kier alpha value is -1.53. The van der Waals surface area contributed by atoms with Gasteiger partial charge >= 0.3 is 0 Å². The fourth-order valence-corrected chi connectivity index (χ4v) is 2.24. The summed E-state index contributed by atoms with van der Waals surface area (Å²) in [6.07, 6.45) is 3.86. The Kier molecular flexibility index (Phi) is 3.65. The molecule has 2 aromatic heterocycles. The second kappa shape index (κ2) is 5.20. The van der Waals surface area contributed by atoms with Crippen LogP contribution < -0.4 is 5.73 Å². The number of rotatable bonds is 5. The third-order valence-corrected chi connectivity index (χ3v) is 3.34. The van der Waals surface area contributed by atoms with Gasteiger partial charge in [-0.1, -0.05) is 0 Å². The lowest BCUT2D eigenvalue weighted by Crippen LogP contribution is -2.10. The van der Waals surface area contributed by atoms with Gasteiger partial charge in [-0.05, 0) is 6.92 Å². The number of aromatic nitrogens is 3. The molecule has 2 aromatic rings. The first kappa shape index (κ1) is 11.9. The molecule has 5 nitrogen and oxygen atoms in total. The molecule has 0 fully saturated rings. The number of imidazole rings is 1. The standard InChI is InChI=1S/C11H14N4OS/c1-2-15-4-3-13-10(15)5-9(16)8-7-17-11(6-12)14-8/h3-4,7H,2,5-6,12H2,1H3. The third kappa shape index (κ3) is 2.59. The van der Waals surface area contributed by atoms with Crippen molar-refractivity contribution < 1.29 is 4.79 Å². The molecule has 0 radical (unpaired) electrons. The average Bonchev–Trinajstić information content (AvgIpc) is 2.96. The first-order valence-electron chi connectivity index (χ1n) is 5.42. The van der Waals surface area contributed by atoms with E-state index in [4.69, 9.17) is 5.73 Å². The largest absolute Gasteiger partial charge is 0.335 e. The van der Waals surface area contributed by atoms with Crippen molar-refractivity contribution >= 4 is 17.1 Å². The molecule has 17 heavy (non-hydrogen) atoms. The van der Waals surface area contributed by atoms with Crippen molar-refractivity contribution in [2.75, 3.05) is 0 Å². The summed E-state index contributed by atoms with van der Waals surface area (Å²) in [7, 11) is 0. The van der Waals surface area contributed by atoms with E-state index in [2.05, 4.69) is 9.97 Å². The van der Waals surface area contributed by atoms with E-state index in [0.717, 1.165) is 17.4 Å². The van der Waals surface area contributed by atoms with E-state index in [0.29, 0.717) is 12.2 Å². The quantitative estimate of drug-likeness (QED) is 0.810.